The molecule has 0 fully saturated rings. The first kappa shape index (κ1) is 34.7. The number of fused-ring (bicyclic) bond motifs is 11. The van der Waals surface area contributed by atoms with Gasteiger partial charge in [0.05, 0.1) is 5.34 Å². The lowest BCUT2D eigenvalue weighted by Crippen LogP contribution is -2.21. The molecule has 8 bridgehead atoms. The van der Waals surface area contributed by atoms with Crippen molar-refractivity contribution in [3.63, 3.8) is 0 Å². The van der Waals surface area contributed by atoms with Crippen LogP contribution in [-0.4, -0.2) is 15.3 Å². The van der Waals surface area contributed by atoms with E-state index in [0.29, 0.717) is 0 Å². The third-order valence-electron chi connectivity index (χ3n) is 10.9. The fraction of sp³-hybridized carbons (Fsp3) is 0.217. The Kier molecular flexibility index (Phi) is 9.24. The molecule has 0 saturated carbocycles. The normalized spacial score (nSPS) is 18.0. The number of hydrogen-bond donors (Lipinski definition) is 2. The summed E-state index contributed by atoms with van der Waals surface area (Å²) < 4.78 is 6.92. The molecule has 2 aliphatic rings. The Bertz CT molecular complexity index is 2330. The van der Waals surface area contributed by atoms with Gasteiger partial charge < -0.3 is 14.4 Å². The standard InChI is InChI=1S/C45H41N2OP.CH2Cl2/c1-44(2)38-27-23-34(46-38)40(29-15-8-5-9-16-29)36-25-26-37(48-36)41(30-17-10-6-11-18-30)35-24-28-39(47-35)45(3,4)43-33-22-14-21-32(33)42(44)49(43)31-19-12-7-13-20-31;2-1-3/h5-13,15-20,23-28,46-47H,14,21-22H2,1-4H3;1H2/b40-36-,41-37-;. The van der Waals surface area contributed by atoms with E-state index in [1.54, 1.807) is 21.7 Å². The summed E-state index contributed by atoms with van der Waals surface area (Å²) in [5.74, 6) is 0. The van der Waals surface area contributed by atoms with Crippen LogP contribution in [0.5, 0.6) is 0 Å². The predicted octanol–water partition coefficient (Wildman–Crippen LogP) is 11.3. The zero-order valence-electron chi connectivity index (χ0n) is 30.1. The molecule has 6 heteroatoms. The molecule has 0 atom stereocenters. The van der Waals surface area contributed by atoms with Gasteiger partial charge in [0.1, 0.15) is 10.8 Å². The van der Waals surface area contributed by atoms with E-state index in [0.717, 1.165) is 57.3 Å². The van der Waals surface area contributed by atoms with Crippen LogP contribution in [0.25, 0.3) is 16.5 Å². The molecule has 52 heavy (non-hydrogen) atoms. The van der Waals surface area contributed by atoms with Crippen molar-refractivity contribution in [2.75, 3.05) is 5.34 Å². The number of alkyl halides is 2. The summed E-state index contributed by atoms with van der Waals surface area (Å²) in [4.78, 5) is 7.96. The van der Waals surface area contributed by atoms with Gasteiger partial charge in [-0.15, -0.1) is 23.2 Å². The Morgan fingerprint density at radius 3 is 1.38 bits per heavy atom. The van der Waals surface area contributed by atoms with Crippen molar-refractivity contribution < 1.29 is 4.42 Å². The second kappa shape index (κ2) is 13.9. The number of rotatable bonds is 3. The molecule has 0 saturated heterocycles. The van der Waals surface area contributed by atoms with Crippen LogP contribution in [-0.2, 0) is 23.7 Å². The zero-order chi connectivity index (χ0) is 36.0. The summed E-state index contributed by atoms with van der Waals surface area (Å²) in [5.41, 5.74) is 13.5. The van der Waals surface area contributed by atoms with Crippen molar-refractivity contribution in [1.29, 1.82) is 0 Å². The summed E-state index contributed by atoms with van der Waals surface area (Å²) in [7, 11) is -0.760. The highest BCUT2D eigenvalue weighted by Gasteiger charge is 2.42. The minimum Gasteiger partial charge on any atom is -0.456 e. The number of furan rings is 1. The lowest BCUT2D eigenvalue weighted by Gasteiger charge is -2.31. The highest BCUT2D eigenvalue weighted by molar-refractivity contribution is 7.59. The predicted molar refractivity (Wildman–Crippen MR) is 219 cm³/mol. The van der Waals surface area contributed by atoms with E-state index in [2.05, 4.69) is 165 Å². The second-order valence-electron chi connectivity index (χ2n) is 14.7. The lowest BCUT2D eigenvalue weighted by molar-refractivity contribution is 0.498. The van der Waals surface area contributed by atoms with Crippen LogP contribution >= 0.6 is 30.7 Å². The molecular weight excluding hydrogens is 698 g/mol. The molecule has 7 aromatic rings. The summed E-state index contributed by atoms with van der Waals surface area (Å²) in [6, 6.07) is 46.1. The summed E-state index contributed by atoms with van der Waals surface area (Å²) in [5, 5.41) is 4.84. The summed E-state index contributed by atoms with van der Waals surface area (Å²) in [6.45, 7) is 9.77. The Morgan fingerprint density at radius 2 is 0.962 bits per heavy atom. The number of aromatic amines is 2. The minimum absolute atomic E-state index is 0.194. The number of H-pyrrole nitrogens is 2. The van der Waals surface area contributed by atoms with Crippen molar-refractivity contribution >= 4 is 41.9 Å². The second-order valence-corrected chi connectivity index (χ2v) is 17.6. The van der Waals surface area contributed by atoms with Gasteiger partial charge in [-0.25, -0.2) is 0 Å². The van der Waals surface area contributed by atoms with E-state index < -0.39 is 7.53 Å². The lowest BCUT2D eigenvalue weighted by atomic mass is 9.82. The number of halogens is 2. The van der Waals surface area contributed by atoms with E-state index >= 15 is 0 Å². The smallest absolute Gasteiger partial charge is 0.137 e. The molecule has 0 amide bonds. The van der Waals surface area contributed by atoms with Crippen molar-refractivity contribution in [3.05, 3.63) is 194 Å². The molecule has 9 rings (SSSR count). The van der Waals surface area contributed by atoms with Crippen LogP contribution < -0.4 is 10.8 Å². The largest absolute Gasteiger partial charge is 0.456 e. The van der Waals surface area contributed by atoms with Crippen LogP contribution in [0.4, 0.5) is 0 Å². The van der Waals surface area contributed by atoms with Crippen LogP contribution in [0.1, 0.15) is 89.7 Å². The van der Waals surface area contributed by atoms with Crippen LogP contribution in [0, 0.1) is 0 Å². The van der Waals surface area contributed by atoms with Gasteiger partial charge in [0, 0.05) is 44.8 Å². The third kappa shape index (κ3) is 5.84. The Morgan fingerprint density at radius 1 is 0.558 bits per heavy atom. The zero-order valence-corrected chi connectivity index (χ0v) is 32.5. The van der Waals surface area contributed by atoms with Gasteiger partial charge >= 0.3 is 0 Å². The number of nitrogens with one attached hydrogen (secondary N) is 2. The summed E-state index contributed by atoms with van der Waals surface area (Å²) in [6.07, 6.45) is 3.50. The average Bonchev–Trinajstić information content (AvgIpc) is 4.00. The van der Waals surface area contributed by atoms with Crippen molar-refractivity contribution in [3.8, 4) is 5.30 Å². The number of aromatic nitrogens is 2. The molecule has 0 unspecified atom stereocenters. The van der Waals surface area contributed by atoms with Crippen LogP contribution in [0.2, 0.25) is 0 Å². The van der Waals surface area contributed by atoms with Gasteiger partial charge in [-0.3, -0.25) is 0 Å². The maximum atomic E-state index is 6.92. The quantitative estimate of drug-likeness (QED) is 0.174. The fourth-order valence-corrected chi connectivity index (χ4v) is 12.1. The van der Waals surface area contributed by atoms with Crippen molar-refractivity contribution in [1.82, 2.24) is 9.97 Å². The maximum absolute atomic E-state index is 6.92. The Balaban J connectivity index is 0.00000125. The Hall–Kier alpha value is -4.40. The molecule has 3 aromatic carbocycles. The molecule has 2 N–H and O–H groups in total. The molecule has 0 spiro atoms. The number of benzene rings is 3. The molecule has 262 valence electrons. The Labute approximate surface area is 317 Å². The molecule has 3 nitrogen and oxygen atoms in total. The van der Waals surface area contributed by atoms with E-state index in [4.69, 9.17) is 27.6 Å². The van der Waals surface area contributed by atoms with Crippen LogP contribution in [0.3, 0.4) is 0 Å². The van der Waals surface area contributed by atoms with Crippen LogP contribution in [0.15, 0.2) is 132 Å². The van der Waals surface area contributed by atoms with Gasteiger partial charge in [-0.05, 0) is 122 Å². The SMILES string of the molecule is CC1(C)c2ccc([nH]2)/C(c2ccccc2)=c2/cc/c(o2)=C(\c2ccccc2)c2ccc([nH]2)C(C)(C)c2c3c(c1p2-c1ccccc1)CCC3.ClCCl. The summed E-state index contributed by atoms with van der Waals surface area (Å²) >= 11 is 9.53. The molecule has 4 aromatic heterocycles. The minimum atomic E-state index is -0.760. The first-order valence-electron chi connectivity index (χ1n) is 18.0. The monoisotopic (exact) mass is 740 g/mol. The number of hydrogen-bond acceptors (Lipinski definition) is 1. The fourth-order valence-electron chi connectivity index (χ4n) is 8.54. The first-order valence-corrected chi connectivity index (χ1v) is 20.4. The molecule has 5 heterocycles. The highest BCUT2D eigenvalue weighted by atomic mass is 35.5. The third-order valence-corrected chi connectivity index (χ3v) is 14.3. The van der Waals surface area contributed by atoms with Gasteiger partial charge in [-0.2, -0.15) is 0 Å². The highest BCUT2D eigenvalue weighted by Crippen LogP contribution is 2.63. The van der Waals surface area contributed by atoms with Gasteiger partial charge in [0.15, 0.2) is 0 Å². The van der Waals surface area contributed by atoms with E-state index in [1.165, 1.54) is 23.1 Å². The van der Waals surface area contributed by atoms with E-state index in [9.17, 15) is 0 Å². The topological polar surface area (TPSA) is 44.7 Å². The molecule has 0 radical (unpaired) electrons. The van der Waals surface area contributed by atoms with Gasteiger partial charge in [0.25, 0.3) is 0 Å². The molecule has 1 aliphatic heterocycles. The van der Waals surface area contributed by atoms with Gasteiger partial charge in [0.2, 0.25) is 0 Å². The first-order chi connectivity index (χ1) is 25.2. The maximum Gasteiger partial charge on any atom is 0.137 e. The molecule has 1 aliphatic carbocycles. The van der Waals surface area contributed by atoms with Gasteiger partial charge in [-0.1, -0.05) is 98.5 Å². The van der Waals surface area contributed by atoms with Crippen molar-refractivity contribution in [2.45, 2.75) is 57.8 Å². The van der Waals surface area contributed by atoms with E-state index in [1.807, 2.05) is 0 Å². The molecular formula is C46H43Cl2N2OP. The van der Waals surface area contributed by atoms with E-state index in [-0.39, 0.29) is 16.2 Å². The average molecular weight is 742 g/mol. The van der Waals surface area contributed by atoms with Crippen molar-refractivity contribution in [2.24, 2.45) is 0 Å².